The molecule has 6 heteroatoms. The predicted molar refractivity (Wildman–Crippen MR) is 104 cm³/mol. The summed E-state index contributed by atoms with van der Waals surface area (Å²) in [5.41, 5.74) is 2.04. The van der Waals surface area contributed by atoms with Gasteiger partial charge in [-0.05, 0) is 31.7 Å². The lowest BCUT2D eigenvalue weighted by Crippen LogP contribution is -2.33. The number of nitrogens with one attached hydrogen (secondary N) is 1. The van der Waals surface area contributed by atoms with E-state index in [0.29, 0.717) is 13.0 Å². The molecule has 3 aromatic rings. The van der Waals surface area contributed by atoms with Gasteiger partial charge in [0.25, 0.3) is 0 Å². The highest BCUT2D eigenvalue weighted by Crippen LogP contribution is 2.25. The van der Waals surface area contributed by atoms with Crippen LogP contribution >= 0.6 is 11.3 Å². The van der Waals surface area contributed by atoms with Crippen LogP contribution in [-0.4, -0.2) is 35.9 Å². The van der Waals surface area contributed by atoms with Crippen molar-refractivity contribution in [2.24, 2.45) is 0 Å². The molecule has 26 heavy (non-hydrogen) atoms. The van der Waals surface area contributed by atoms with Crippen LogP contribution in [0.1, 0.15) is 17.0 Å². The SMILES string of the molecule is Cc1ccc(-c2nc(CC(=O)NCCN(C)Cc3ccccc3)cs2)o1. The van der Waals surface area contributed by atoms with E-state index in [4.69, 9.17) is 4.42 Å². The zero-order chi connectivity index (χ0) is 18.4. The van der Waals surface area contributed by atoms with Crippen LogP contribution < -0.4 is 5.32 Å². The van der Waals surface area contributed by atoms with Gasteiger partial charge in [-0.3, -0.25) is 4.79 Å². The molecule has 0 aliphatic heterocycles. The molecule has 0 spiro atoms. The summed E-state index contributed by atoms with van der Waals surface area (Å²) in [6.07, 6.45) is 0.290. The highest BCUT2D eigenvalue weighted by Gasteiger charge is 2.11. The van der Waals surface area contributed by atoms with Crippen molar-refractivity contribution in [2.45, 2.75) is 19.9 Å². The van der Waals surface area contributed by atoms with Gasteiger partial charge < -0.3 is 14.6 Å². The topological polar surface area (TPSA) is 58.4 Å². The maximum absolute atomic E-state index is 12.1. The van der Waals surface area contributed by atoms with E-state index in [9.17, 15) is 4.79 Å². The molecule has 1 aromatic carbocycles. The third kappa shape index (κ3) is 5.28. The van der Waals surface area contributed by atoms with Gasteiger partial charge in [-0.1, -0.05) is 30.3 Å². The molecule has 0 aliphatic carbocycles. The van der Waals surface area contributed by atoms with Crippen molar-refractivity contribution in [2.75, 3.05) is 20.1 Å². The highest BCUT2D eigenvalue weighted by atomic mass is 32.1. The number of aryl methyl sites for hydroxylation is 1. The highest BCUT2D eigenvalue weighted by molar-refractivity contribution is 7.13. The van der Waals surface area contributed by atoms with Gasteiger partial charge in [0, 0.05) is 25.0 Å². The number of amides is 1. The first-order valence-corrected chi connectivity index (χ1v) is 9.48. The fourth-order valence-electron chi connectivity index (χ4n) is 2.64. The minimum atomic E-state index is -0.00872. The molecule has 2 heterocycles. The Balaban J connectivity index is 1.41. The second kappa shape index (κ2) is 8.78. The minimum absolute atomic E-state index is 0.00872. The third-order valence-corrected chi connectivity index (χ3v) is 4.86. The molecule has 0 bridgehead atoms. The van der Waals surface area contributed by atoms with Gasteiger partial charge >= 0.3 is 0 Å². The Morgan fingerprint density at radius 2 is 2.04 bits per heavy atom. The monoisotopic (exact) mass is 369 g/mol. The quantitative estimate of drug-likeness (QED) is 0.660. The van der Waals surface area contributed by atoms with E-state index in [-0.39, 0.29) is 5.91 Å². The zero-order valence-electron chi connectivity index (χ0n) is 15.1. The maximum atomic E-state index is 12.1. The Labute approximate surface area is 157 Å². The second-order valence-electron chi connectivity index (χ2n) is 6.30. The van der Waals surface area contributed by atoms with Crippen LogP contribution in [0.3, 0.4) is 0 Å². The number of aromatic nitrogens is 1. The number of carbonyl (C=O) groups is 1. The summed E-state index contributed by atoms with van der Waals surface area (Å²) in [5, 5.41) is 5.68. The molecule has 0 aliphatic rings. The van der Waals surface area contributed by atoms with Crippen molar-refractivity contribution < 1.29 is 9.21 Å². The first-order chi connectivity index (χ1) is 12.6. The van der Waals surface area contributed by atoms with Gasteiger partial charge in [-0.2, -0.15) is 0 Å². The molecule has 0 atom stereocenters. The number of benzene rings is 1. The minimum Gasteiger partial charge on any atom is -0.459 e. The van der Waals surface area contributed by atoms with Crippen LogP contribution in [-0.2, 0) is 17.8 Å². The first-order valence-electron chi connectivity index (χ1n) is 8.60. The molecule has 0 radical (unpaired) electrons. The van der Waals surface area contributed by atoms with Gasteiger partial charge in [0.15, 0.2) is 10.8 Å². The van der Waals surface area contributed by atoms with E-state index >= 15 is 0 Å². The molecule has 1 amide bonds. The summed E-state index contributed by atoms with van der Waals surface area (Å²) >= 11 is 1.49. The summed E-state index contributed by atoms with van der Waals surface area (Å²) in [6.45, 7) is 4.19. The molecular formula is C20H23N3O2S. The number of rotatable bonds is 8. The molecule has 1 N–H and O–H groups in total. The van der Waals surface area contributed by atoms with Crippen molar-refractivity contribution in [3.63, 3.8) is 0 Å². The van der Waals surface area contributed by atoms with E-state index in [2.05, 4.69) is 34.4 Å². The second-order valence-corrected chi connectivity index (χ2v) is 7.16. The van der Waals surface area contributed by atoms with E-state index in [1.54, 1.807) is 0 Å². The summed E-state index contributed by atoms with van der Waals surface area (Å²) in [6, 6.07) is 14.1. The number of nitrogens with zero attached hydrogens (tertiary/aromatic N) is 2. The Hall–Kier alpha value is -2.44. The van der Waals surface area contributed by atoms with Crippen molar-refractivity contribution in [3.05, 3.63) is 64.9 Å². The summed E-state index contributed by atoms with van der Waals surface area (Å²) < 4.78 is 5.57. The standard InChI is InChI=1S/C20H23N3O2S/c1-15-8-9-18(25-15)20-22-17(14-26-20)12-19(24)21-10-11-23(2)13-16-6-4-3-5-7-16/h3-9,14H,10-13H2,1-2H3,(H,21,24). The largest absolute Gasteiger partial charge is 0.459 e. The number of hydrogen-bond acceptors (Lipinski definition) is 5. The average molecular weight is 369 g/mol. The number of furan rings is 1. The van der Waals surface area contributed by atoms with Crippen LogP contribution in [0.25, 0.3) is 10.8 Å². The number of likely N-dealkylation sites (N-methyl/N-ethyl adjacent to an activating group) is 1. The van der Waals surface area contributed by atoms with Gasteiger partial charge in [0.1, 0.15) is 5.76 Å². The first kappa shape index (κ1) is 18.4. The number of thiazole rings is 1. The Morgan fingerprint density at radius 1 is 1.23 bits per heavy atom. The lowest BCUT2D eigenvalue weighted by Gasteiger charge is -2.16. The fourth-order valence-corrected chi connectivity index (χ4v) is 3.42. The number of carbonyl (C=O) groups excluding carboxylic acids is 1. The maximum Gasteiger partial charge on any atom is 0.226 e. The van der Waals surface area contributed by atoms with E-state index in [1.165, 1.54) is 16.9 Å². The van der Waals surface area contributed by atoms with Gasteiger partial charge in [-0.25, -0.2) is 4.98 Å². The molecule has 136 valence electrons. The normalized spacial score (nSPS) is 11.0. The molecule has 0 fully saturated rings. The van der Waals surface area contributed by atoms with Crippen molar-refractivity contribution >= 4 is 17.2 Å². The molecular weight excluding hydrogens is 346 g/mol. The fraction of sp³-hybridized carbons (Fsp3) is 0.300. The summed E-state index contributed by atoms with van der Waals surface area (Å²) in [4.78, 5) is 18.8. The molecule has 0 saturated heterocycles. The van der Waals surface area contributed by atoms with Crippen molar-refractivity contribution in [1.29, 1.82) is 0 Å². The van der Waals surface area contributed by atoms with E-state index < -0.39 is 0 Å². The summed E-state index contributed by atoms with van der Waals surface area (Å²) in [7, 11) is 2.05. The average Bonchev–Trinajstić information content (AvgIpc) is 3.24. The summed E-state index contributed by atoms with van der Waals surface area (Å²) in [5.74, 6) is 1.60. The molecule has 0 unspecified atom stereocenters. The smallest absolute Gasteiger partial charge is 0.226 e. The van der Waals surface area contributed by atoms with Crippen LogP contribution in [0, 0.1) is 6.92 Å². The van der Waals surface area contributed by atoms with Gasteiger partial charge in [-0.15, -0.1) is 11.3 Å². The lowest BCUT2D eigenvalue weighted by molar-refractivity contribution is -0.120. The lowest BCUT2D eigenvalue weighted by atomic mass is 10.2. The van der Waals surface area contributed by atoms with Crippen LogP contribution in [0.15, 0.2) is 52.3 Å². The zero-order valence-corrected chi connectivity index (χ0v) is 15.9. The molecule has 5 nitrogen and oxygen atoms in total. The third-order valence-electron chi connectivity index (χ3n) is 3.96. The Bertz CT molecular complexity index is 842. The predicted octanol–water partition coefficient (Wildman–Crippen LogP) is 3.50. The Kier molecular flexibility index (Phi) is 6.20. The van der Waals surface area contributed by atoms with E-state index in [1.807, 2.05) is 42.6 Å². The van der Waals surface area contributed by atoms with Gasteiger partial charge in [0.05, 0.1) is 12.1 Å². The van der Waals surface area contributed by atoms with Gasteiger partial charge in [0.2, 0.25) is 5.91 Å². The van der Waals surface area contributed by atoms with Crippen molar-refractivity contribution in [1.82, 2.24) is 15.2 Å². The molecule has 2 aromatic heterocycles. The van der Waals surface area contributed by atoms with Crippen LogP contribution in [0.5, 0.6) is 0 Å². The molecule has 3 rings (SSSR count). The van der Waals surface area contributed by atoms with E-state index in [0.717, 1.165) is 35.3 Å². The van der Waals surface area contributed by atoms with Crippen LogP contribution in [0.4, 0.5) is 0 Å². The molecule has 0 saturated carbocycles. The number of hydrogen-bond donors (Lipinski definition) is 1. The van der Waals surface area contributed by atoms with Crippen LogP contribution in [0.2, 0.25) is 0 Å². The van der Waals surface area contributed by atoms with Crippen molar-refractivity contribution in [3.8, 4) is 10.8 Å². The Morgan fingerprint density at radius 3 is 2.77 bits per heavy atom.